The van der Waals surface area contributed by atoms with Gasteiger partial charge in [0, 0.05) is 0 Å². The summed E-state index contributed by atoms with van der Waals surface area (Å²) in [5.41, 5.74) is 0. The molecule has 0 saturated carbocycles. The summed E-state index contributed by atoms with van der Waals surface area (Å²) in [5, 5.41) is 23.8. The third kappa shape index (κ3) is 1.34. The molecule has 0 fully saturated rings. The van der Waals surface area contributed by atoms with Crippen LogP contribution in [0.2, 0.25) is 0 Å². The molecule has 0 aliphatic rings. The SMILES string of the molecule is N#CO[N+]([O-])(N=O)[N+](=O)[O-]. The van der Waals surface area contributed by atoms with E-state index >= 15 is 0 Å². The number of nitrogens with zero attached hydrogens (tertiary/aromatic N) is 4. The number of hydrogen-bond donors (Lipinski definition) is 0. The number of rotatable bonds is 3. The molecule has 1 atom stereocenters. The van der Waals surface area contributed by atoms with Crippen molar-refractivity contribution in [2.24, 2.45) is 5.29 Å². The first kappa shape index (κ1) is 8.21. The van der Waals surface area contributed by atoms with Crippen LogP contribution >= 0.6 is 0 Å². The maximum Gasteiger partial charge on any atom is 0.364 e. The van der Waals surface area contributed by atoms with E-state index in [-0.39, 0.29) is 0 Å². The lowest BCUT2D eigenvalue weighted by Crippen LogP contribution is -2.40. The predicted octanol–water partition coefficient (Wildman–Crippen LogP) is -0.413. The van der Waals surface area contributed by atoms with E-state index in [4.69, 9.17) is 5.26 Å². The molecule has 0 spiro atoms. The Kier molecular flexibility index (Phi) is 2.19. The van der Waals surface area contributed by atoms with Crippen molar-refractivity contribution in [3.05, 3.63) is 20.2 Å². The van der Waals surface area contributed by atoms with Gasteiger partial charge in [0.15, 0.2) is 0 Å². The highest BCUT2D eigenvalue weighted by molar-refractivity contribution is 4.37. The topological polar surface area (TPSA) is 129 Å². The quantitative estimate of drug-likeness (QED) is 0.176. The van der Waals surface area contributed by atoms with Gasteiger partial charge in [-0.1, -0.05) is 4.91 Å². The summed E-state index contributed by atoms with van der Waals surface area (Å²) in [7, 11) is 0. The number of nitro groups is 1. The Morgan fingerprint density at radius 3 is 2.40 bits per heavy atom. The van der Waals surface area contributed by atoms with Crippen molar-refractivity contribution in [1.82, 2.24) is 0 Å². The van der Waals surface area contributed by atoms with E-state index < -0.39 is 10.1 Å². The molecule has 0 bridgehead atoms. The van der Waals surface area contributed by atoms with Gasteiger partial charge >= 0.3 is 11.3 Å². The highest BCUT2D eigenvalue weighted by atomic mass is 17.1. The van der Waals surface area contributed by atoms with Gasteiger partial charge < -0.3 is 5.21 Å². The van der Waals surface area contributed by atoms with Crippen LogP contribution in [0.1, 0.15) is 0 Å². The standard InChI is InChI=1S/CN4O5/c2-1-10-5(9,3-6)4(7)8. The Labute approximate surface area is 53.2 Å². The zero-order valence-corrected chi connectivity index (χ0v) is 4.33. The van der Waals surface area contributed by atoms with Crippen molar-refractivity contribution in [3.8, 4) is 6.26 Å². The molecule has 0 aliphatic heterocycles. The molecule has 0 rings (SSSR count). The van der Waals surface area contributed by atoms with Crippen LogP contribution in [-0.2, 0) is 4.84 Å². The van der Waals surface area contributed by atoms with Crippen LogP contribution in [0.15, 0.2) is 5.29 Å². The lowest BCUT2D eigenvalue weighted by Gasteiger charge is -2.09. The number of hydrogen-bond acceptors (Lipinski definition) is 7. The van der Waals surface area contributed by atoms with Crippen molar-refractivity contribution in [1.29, 1.82) is 5.26 Å². The fourth-order valence-corrected chi connectivity index (χ4v) is 0.133. The third-order valence-corrected chi connectivity index (χ3v) is 0.469. The third-order valence-electron chi connectivity index (χ3n) is 0.469. The Hall–Kier alpha value is -1.79. The van der Waals surface area contributed by atoms with Gasteiger partial charge in [-0.2, -0.15) is 0 Å². The largest absolute Gasteiger partial charge is 0.490 e. The fourth-order valence-electron chi connectivity index (χ4n) is 0.133. The van der Waals surface area contributed by atoms with Crippen LogP contribution in [0, 0.1) is 31.7 Å². The van der Waals surface area contributed by atoms with Crippen LogP contribution < -0.4 is 0 Å². The first-order chi connectivity index (χ1) is 4.56. The molecule has 0 saturated heterocycles. The molecule has 0 amide bonds. The second kappa shape index (κ2) is 2.67. The van der Waals surface area contributed by atoms with Gasteiger partial charge in [0.25, 0.3) is 10.3 Å². The van der Waals surface area contributed by atoms with Crippen molar-refractivity contribution in [3.63, 3.8) is 0 Å². The Morgan fingerprint density at radius 2 is 2.30 bits per heavy atom. The minimum atomic E-state index is -3.10. The Balaban J connectivity index is 4.41. The summed E-state index contributed by atoms with van der Waals surface area (Å²) in [6.45, 7) is 0. The molecule has 54 valence electrons. The normalized spacial score (nSPS) is 14.4. The van der Waals surface area contributed by atoms with Gasteiger partial charge in [0.1, 0.15) is 0 Å². The molecule has 0 aromatic rings. The predicted molar refractivity (Wildman–Crippen MR) is 23.1 cm³/mol. The van der Waals surface area contributed by atoms with Crippen molar-refractivity contribution in [2.45, 2.75) is 0 Å². The van der Waals surface area contributed by atoms with Crippen molar-refractivity contribution in [2.75, 3.05) is 0 Å². The monoisotopic (exact) mass is 148 g/mol. The molecule has 9 heteroatoms. The minimum Gasteiger partial charge on any atom is -0.490 e. The minimum absolute atomic E-state index is 0.665. The molecule has 0 aliphatic carbocycles. The fraction of sp³-hybridized carbons (Fsp3) is 0. The molecule has 0 N–H and O–H groups in total. The summed E-state index contributed by atoms with van der Waals surface area (Å²) < 4.78 is 0. The van der Waals surface area contributed by atoms with Gasteiger partial charge in [-0.05, 0) is 0 Å². The second-order valence-corrected chi connectivity index (χ2v) is 0.993. The number of nitriles is 1. The molecule has 1 unspecified atom stereocenters. The van der Waals surface area contributed by atoms with Gasteiger partial charge in [0.2, 0.25) is 0 Å². The summed E-state index contributed by atoms with van der Waals surface area (Å²) in [5.74, 6) is 0. The molecular formula is CN4O5. The Morgan fingerprint density at radius 1 is 1.80 bits per heavy atom. The molecule has 9 nitrogen and oxygen atoms in total. The first-order valence-electron chi connectivity index (χ1n) is 1.74. The zero-order chi connectivity index (χ0) is 8.20. The van der Waals surface area contributed by atoms with Crippen LogP contribution in [0.25, 0.3) is 0 Å². The summed E-state index contributed by atoms with van der Waals surface area (Å²) in [6.07, 6.45) is 0.665. The van der Waals surface area contributed by atoms with E-state index in [1.54, 1.807) is 0 Å². The lowest BCUT2D eigenvalue weighted by atomic mass is 11.6. The molecule has 0 heterocycles. The second-order valence-electron chi connectivity index (χ2n) is 0.993. The van der Waals surface area contributed by atoms with E-state index in [1.165, 1.54) is 5.29 Å². The van der Waals surface area contributed by atoms with Gasteiger partial charge in [0.05, 0.1) is 0 Å². The smallest absolute Gasteiger partial charge is 0.364 e. The molecule has 0 radical (unpaired) electrons. The maximum absolute atomic E-state index is 10.1. The van der Waals surface area contributed by atoms with Gasteiger partial charge in [-0.3, -0.25) is 0 Å². The highest BCUT2D eigenvalue weighted by Crippen LogP contribution is 2.04. The van der Waals surface area contributed by atoms with Crippen LogP contribution in [-0.4, -0.2) is 10.1 Å². The van der Waals surface area contributed by atoms with Crippen LogP contribution in [0.5, 0.6) is 0 Å². The van der Waals surface area contributed by atoms with E-state index in [9.17, 15) is 20.2 Å². The molecule has 0 aromatic carbocycles. The summed E-state index contributed by atoms with van der Waals surface area (Å²) >= 11 is 0. The average Bonchev–Trinajstić information content (AvgIpc) is 1.88. The summed E-state index contributed by atoms with van der Waals surface area (Å²) in [4.78, 5) is 22.0. The molecule has 10 heavy (non-hydrogen) atoms. The number of quaternary nitrogens is 1. The highest BCUT2D eigenvalue weighted by Gasteiger charge is 2.37. The van der Waals surface area contributed by atoms with Gasteiger partial charge in [-0.15, -0.1) is 10.1 Å². The summed E-state index contributed by atoms with van der Waals surface area (Å²) in [6, 6.07) is 0. The molecule has 0 aromatic heterocycles. The van der Waals surface area contributed by atoms with Crippen molar-refractivity contribution < 1.29 is 14.9 Å². The Bertz CT molecular complexity index is 194. The average molecular weight is 148 g/mol. The maximum atomic E-state index is 10.1. The first-order valence-corrected chi connectivity index (χ1v) is 1.74. The molecular weight excluding hydrogens is 148 g/mol. The van der Waals surface area contributed by atoms with Crippen LogP contribution in [0.3, 0.4) is 0 Å². The van der Waals surface area contributed by atoms with Crippen molar-refractivity contribution >= 4 is 0 Å². The van der Waals surface area contributed by atoms with E-state index in [2.05, 4.69) is 4.84 Å². The zero-order valence-electron chi connectivity index (χ0n) is 4.33. The van der Waals surface area contributed by atoms with Crippen LogP contribution in [0.4, 0.5) is 0 Å². The van der Waals surface area contributed by atoms with E-state index in [1.807, 2.05) is 0 Å². The number of nitroso groups, excluding NO2 is 1. The lowest BCUT2D eigenvalue weighted by molar-refractivity contribution is -1.40. The van der Waals surface area contributed by atoms with Gasteiger partial charge in [-0.25, -0.2) is 10.1 Å². The van der Waals surface area contributed by atoms with E-state index in [0.717, 1.165) is 0 Å². The van der Waals surface area contributed by atoms with E-state index in [0.29, 0.717) is 6.26 Å².